The van der Waals surface area contributed by atoms with Gasteiger partial charge in [0.25, 0.3) is 5.56 Å². The lowest BCUT2D eigenvalue weighted by Gasteiger charge is -2.17. The van der Waals surface area contributed by atoms with Gasteiger partial charge < -0.3 is 15.8 Å². The molecule has 0 aliphatic rings. The number of nitrogens with one attached hydrogen (secondary N) is 2. The van der Waals surface area contributed by atoms with E-state index in [2.05, 4.69) is 10.3 Å². The Kier molecular flexibility index (Phi) is 5.62. The van der Waals surface area contributed by atoms with E-state index in [0.717, 1.165) is 12.8 Å². The molecule has 0 aliphatic heterocycles. The van der Waals surface area contributed by atoms with Crippen LogP contribution in [0.4, 0.5) is 11.5 Å². The van der Waals surface area contributed by atoms with Crippen molar-refractivity contribution in [1.82, 2.24) is 9.55 Å². The molecule has 1 aromatic heterocycles. The van der Waals surface area contributed by atoms with Gasteiger partial charge in [0.05, 0.1) is 6.61 Å². The van der Waals surface area contributed by atoms with Crippen LogP contribution in [0.2, 0.25) is 0 Å². The van der Waals surface area contributed by atoms with Gasteiger partial charge in [-0.1, -0.05) is 13.3 Å². The minimum absolute atomic E-state index is 0.0782. The zero-order valence-corrected chi connectivity index (χ0v) is 11.7. The van der Waals surface area contributed by atoms with Crippen LogP contribution in [0.5, 0.6) is 0 Å². The molecule has 108 valence electrons. The number of ether oxygens (including phenoxy) is 1. The minimum atomic E-state index is -0.502. The average Bonchev–Trinajstić information content (AvgIpc) is 2.34. The molecule has 19 heavy (non-hydrogen) atoms. The van der Waals surface area contributed by atoms with E-state index in [1.165, 1.54) is 4.57 Å². The van der Waals surface area contributed by atoms with Gasteiger partial charge in [0.1, 0.15) is 11.5 Å². The number of aromatic amines is 1. The van der Waals surface area contributed by atoms with Crippen LogP contribution in [0.1, 0.15) is 26.7 Å². The average molecular weight is 270 g/mol. The first-order chi connectivity index (χ1) is 9.01. The Morgan fingerprint density at radius 2 is 2.16 bits per heavy atom. The maximum Gasteiger partial charge on any atom is 0.330 e. The van der Waals surface area contributed by atoms with E-state index in [4.69, 9.17) is 10.5 Å². The number of methoxy groups -OCH3 is 1. The highest BCUT2D eigenvalue weighted by Gasteiger charge is 2.13. The van der Waals surface area contributed by atoms with Crippen LogP contribution >= 0.6 is 0 Å². The summed E-state index contributed by atoms with van der Waals surface area (Å²) in [5.74, 6) is 0.171. The molecule has 1 heterocycles. The third-order valence-corrected chi connectivity index (χ3v) is 2.78. The highest BCUT2D eigenvalue weighted by Crippen LogP contribution is 2.12. The van der Waals surface area contributed by atoms with Gasteiger partial charge >= 0.3 is 5.69 Å². The smallest absolute Gasteiger partial charge is 0.330 e. The minimum Gasteiger partial charge on any atom is -0.383 e. The lowest BCUT2D eigenvalue weighted by Crippen LogP contribution is -2.36. The van der Waals surface area contributed by atoms with Crippen molar-refractivity contribution in [3.05, 3.63) is 20.8 Å². The van der Waals surface area contributed by atoms with Crippen LogP contribution in [0, 0.1) is 0 Å². The van der Waals surface area contributed by atoms with Gasteiger partial charge in [0, 0.05) is 19.7 Å². The summed E-state index contributed by atoms with van der Waals surface area (Å²) in [6.45, 7) is 4.81. The second-order valence-electron chi connectivity index (χ2n) is 4.53. The van der Waals surface area contributed by atoms with E-state index in [1.807, 2.05) is 13.8 Å². The SMILES string of the molecule is CCCCn1c(N)c(NC(C)COC)c(=O)[nH]c1=O. The molecule has 1 atom stereocenters. The molecule has 0 bridgehead atoms. The van der Waals surface area contributed by atoms with E-state index in [-0.39, 0.29) is 17.5 Å². The van der Waals surface area contributed by atoms with Crippen molar-refractivity contribution in [1.29, 1.82) is 0 Å². The molecule has 7 heteroatoms. The van der Waals surface area contributed by atoms with Crippen LogP contribution in [-0.4, -0.2) is 29.3 Å². The third kappa shape index (κ3) is 3.85. The van der Waals surface area contributed by atoms with Crippen LogP contribution in [-0.2, 0) is 11.3 Å². The second kappa shape index (κ2) is 6.98. The van der Waals surface area contributed by atoms with Crippen LogP contribution in [0.3, 0.4) is 0 Å². The lowest BCUT2D eigenvalue weighted by molar-refractivity contribution is 0.190. The van der Waals surface area contributed by atoms with E-state index < -0.39 is 11.2 Å². The summed E-state index contributed by atoms with van der Waals surface area (Å²) in [6.07, 6.45) is 1.76. The first-order valence-corrected chi connectivity index (χ1v) is 6.39. The van der Waals surface area contributed by atoms with E-state index in [0.29, 0.717) is 13.2 Å². The molecule has 4 N–H and O–H groups in total. The molecule has 1 aromatic rings. The molecule has 1 unspecified atom stereocenters. The van der Waals surface area contributed by atoms with Crippen LogP contribution < -0.4 is 22.3 Å². The summed E-state index contributed by atoms with van der Waals surface area (Å²) < 4.78 is 6.37. The number of aromatic nitrogens is 2. The number of nitrogen functional groups attached to an aromatic ring is 1. The number of rotatable bonds is 7. The molecule has 7 nitrogen and oxygen atoms in total. The zero-order valence-electron chi connectivity index (χ0n) is 11.7. The van der Waals surface area contributed by atoms with Crippen molar-refractivity contribution in [2.45, 2.75) is 39.3 Å². The lowest BCUT2D eigenvalue weighted by atomic mass is 10.3. The Labute approximate surface area is 111 Å². The van der Waals surface area contributed by atoms with Crippen molar-refractivity contribution < 1.29 is 4.74 Å². The normalized spacial score (nSPS) is 12.4. The fraction of sp³-hybridized carbons (Fsp3) is 0.667. The maximum absolute atomic E-state index is 11.8. The Morgan fingerprint density at radius 3 is 2.74 bits per heavy atom. The molecule has 0 radical (unpaired) electrons. The number of anilines is 2. The summed E-state index contributed by atoms with van der Waals surface area (Å²) in [5.41, 5.74) is 5.16. The van der Waals surface area contributed by atoms with Gasteiger partial charge in [-0.15, -0.1) is 0 Å². The van der Waals surface area contributed by atoms with E-state index in [9.17, 15) is 9.59 Å². The first-order valence-electron chi connectivity index (χ1n) is 6.39. The fourth-order valence-corrected chi connectivity index (χ4v) is 1.80. The molecular formula is C12H22N4O3. The highest BCUT2D eigenvalue weighted by atomic mass is 16.5. The molecule has 0 saturated heterocycles. The predicted molar refractivity (Wildman–Crippen MR) is 75.6 cm³/mol. The second-order valence-corrected chi connectivity index (χ2v) is 4.53. The fourth-order valence-electron chi connectivity index (χ4n) is 1.80. The predicted octanol–water partition coefficient (Wildman–Crippen LogP) is 0.366. The van der Waals surface area contributed by atoms with Crippen LogP contribution in [0.25, 0.3) is 0 Å². The molecule has 0 aliphatic carbocycles. The Balaban J connectivity index is 3.10. The zero-order chi connectivity index (χ0) is 14.4. The van der Waals surface area contributed by atoms with Crippen molar-refractivity contribution in [3.8, 4) is 0 Å². The van der Waals surface area contributed by atoms with Crippen molar-refractivity contribution in [2.75, 3.05) is 24.8 Å². The summed E-state index contributed by atoms with van der Waals surface area (Å²) in [5, 5.41) is 2.97. The molecular weight excluding hydrogens is 248 g/mol. The molecule has 0 amide bonds. The number of hydrogen-bond donors (Lipinski definition) is 3. The highest BCUT2D eigenvalue weighted by molar-refractivity contribution is 5.60. The Morgan fingerprint density at radius 1 is 1.47 bits per heavy atom. The summed E-state index contributed by atoms with van der Waals surface area (Å²) in [7, 11) is 1.58. The summed E-state index contributed by atoms with van der Waals surface area (Å²) in [4.78, 5) is 25.8. The number of unbranched alkanes of at least 4 members (excludes halogenated alkanes) is 1. The molecule has 0 fully saturated rings. The molecule has 0 spiro atoms. The van der Waals surface area contributed by atoms with Gasteiger partial charge in [-0.25, -0.2) is 4.79 Å². The van der Waals surface area contributed by atoms with Gasteiger partial charge in [0.15, 0.2) is 0 Å². The van der Waals surface area contributed by atoms with Crippen molar-refractivity contribution >= 4 is 11.5 Å². The first kappa shape index (κ1) is 15.3. The summed E-state index contributed by atoms with van der Waals surface area (Å²) in [6, 6.07) is -0.0782. The standard InChI is InChI=1S/C12H22N4O3/c1-4-5-6-16-10(13)9(11(17)15-12(16)18)14-8(2)7-19-3/h8,14H,4-7,13H2,1-3H3,(H,15,17,18). The quantitative estimate of drug-likeness (QED) is 0.664. The van der Waals surface area contributed by atoms with E-state index in [1.54, 1.807) is 7.11 Å². The maximum atomic E-state index is 11.8. The van der Waals surface area contributed by atoms with Gasteiger partial charge in [-0.2, -0.15) is 0 Å². The number of nitrogens with zero attached hydrogens (tertiary/aromatic N) is 1. The van der Waals surface area contributed by atoms with Gasteiger partial charge in [-0.05, 0) is 13.3 Å². The number of hydrogen-bond acceptors (Lipinski definition) is 5. The topological polar surface area (TPSA) is 102 Å². The number of nitrogens with two attached hydrogens (primary N) is 1. The molecule has 1 rings (SSSR count). The molecule has 0 saturated carbocycles. The monoisotopic (exact) mass is 270 g/mol. The van der Waals surface area contributed by atoms with Crippen molar-refractivity contribution in [2.24, 2.45) is 0 Å². The number of H-pyrrole nitrogens is 1. The van der Waals surface area contributed by atoms with Gasteiger partial charge in [0.2, 0.25) is 0 Å². The largest absolute Gasteiger partial charge is 0.383 e. The Bertz CT molecular complexity index is 521. The molecule has 0 aromatic carbocycles. The Hall–Kier alpha value is -1.76. The summed E-state index contributed by atoms with van der Waals surface area (Å²) >= 11 is 0. The van der Waals surface area contributed by atoms with Crippen molar-refractivity contribution in [3.63, 3.8) is 0 Å². The third-order valence-electron chi connectivity index (χ3n) is 2.78. The van der Waals surface area contributed by atoms with E-state index >= 15 is 0 Å². The van der Waals surface area contributed by atoms with Crippen LogP contribution in [0.15, 0.2) is 9.59 Å². The van der Waals surface area contributed by atoms with Gasteiger partial charge in [-0.3, -0.25) is 14.3 Å².